The van der Waals surface area contributed by atoms with Crippen LogP contribution in [0.5, 0.6) is 0 Å². The van der Waals surface area contributed by atoms with E-state index in [-0.39, 0.29) is 5.56 Å². The van der Waals surface area contributed by atoms with Gasteiger partial charge in [-0.15, -0.1) is 0 Å². The highest BCUT2D eigenvalue weighted by Gasteiger charge is 2.26. The fourth-order valence-electron chi connectivity index (χ4n) is 1.76. The summed E-state index contributed by atoms with van der Waals surface area (Å²) in [4.78, 5) is 18.5. The minimum Gasteiger partial charge on any atom is -0.391 e. The molecule has 1 aromatic rings. The second-order valence-corrected chi connectivity index (χ2v) is 4.61. The van der Waals surface area contributed by atoms with E-state index in [2.05, 4.69) is 15.3 Å². The van der Waals surface area contributed by atoms with Gasteiger partial charge in [0, 0.05) is 25.6 Å². The number of hydrogen-bond donors (Lipinski definition) is 3. The van der Waals surface area contributed by atoms with Crippen LogP contribution in [0.3, 0.4) is 0 Å². The van der Waals surface area contributed by atoms with Crippen molar-refractivity contribution in [2.24, 2.45) is 0 Å². The van der Waals surface area contributed by atoms with Crippen LogP contribution >= 0.6 is 0 Å². The molecule has 1 unspecified atom stereocenters. The van der Waals surface area contributed by atoms with Crippen LogP contribution in [0.1, 0.15) is 31.0 Å². The Morgan fingerprint density at radius 3 is 3.11 bits per heavy atom. The van der Waals surface area contributed by atoms with Crippen molar-refractivity contribution < 1.29 is 9.84 Å². The third kappa shape index (κ3) is 3.82. The van der Waals surface area contributed by atoms with E-state index in [1.807, 2.05) is 0 Å². The lowest BCUT2D eigenvalue weighted by atomic mass is 10.2. The quantitative estimate of drug-likeness (QED) is 0.657. The first kappa shape index (κ1) is 13.0. The van der Waals surface area contributed by atoms with Gasteiger partial charge in [-0.3, -0.25) is 4.79 Å². The summed E-state index contributed by atoms with van der Waals surface area (Å²) in [6.45, 7) is 0.878. The van der Waals surface area contributed by atoms with Gasteiger partial charge in [-0.05, 0) is 19.3 Å². The zero-order chi connectivity index (χ0) is 13.0. The van der Waals surface area contributed by atoms with Crippen molar-refractivity contribution in [3.63, 3.8) is 0 Å². The number of aliphatic hydroxyl groups is 1. The maximum atomic E-state index is 11.4. The van der Waals surface area contributed by atoms with E-state index >= 15 is 0 Å². The Hall–Kier alpha value is -1.40. The lowest BCUT2D eigenvalue weighted by Crippen LogP contribution is -2.20. The van der Waals surface area contributed by atoms with Crippen molar-refractivity contribution >= 4 is 5.82 Å². The highest BCUT2D eigenvalue weighted by molar-refractivity contribution is 5.33. The molecule has 1 aliphatic rings. The van der Waals surface area contributed by atoms with Crippen LogP contribution in [0.4, 0.5) is 5.82 Å². The van der Waals surface area contributed by atoms with Crippen molar-refractivity contribution in [2.75, 3.05) is 25.6 Å². The van der Waals surface area contributed by atoms with Crippen molar-refractivity contribution in [3.05, 3.63) is 22.2 Å². The summed E-state index contributed by atoms with van der Waals surface area (Å²) >= 11 is 0. The minimum atomic E-state index is -0.493. The molecule has 6 heteroatoms. The Balaban J connectivity index is 1.87. The number of H-pyrrole nitrogens is 1. The van der Waals surface area contributed by atoms with Gasteiger partial charge >= 0.3 is 0 Å². The monoisotopic (exact) mass is 253 g/mol. The zero-order valence-corrected chi connectivity index (χ0v) is 10.5. The molecule has 3 N–H and O–H groups in total. The summed E-state index contributed by atoms with van der Waals surface area (Å²) < 4.78 is 4.84. The largest absolute Gasteiger partial charge is 0.391 e. The molecule has 0 aliphatic heterocycles. The van der Waals surface area contributed by atoms with Crippen LogP contribution in [-0.2, 0) is 4.74 Å². The van der Waals surface area contributed by atoms with E-state index in [1.54, 1.807) is 7.11 Å². The summed E-state index contributed by atoms with van der Waals surface area (Å²) in [6, 6.07) is 1.44. The third-order valence-corrected chi connectivity index (χ3v) is 2.87. The van der Waals surface area contributed by atoms with Crippen molar-refractivity contribution in [1.82, 2.24) is 9.97 Å². The fourth-order valence-corrected chi connectivity index (χ4v) is 1.76. The van der Waals surface area contributed by atoms with Gasteiger partial charge in [-0.25, -0.2) is 4.98 Å². The Bertz CT molecular complexity index is 442. The Labute approximate surface area is 105 Å². The van der Waals surface area contributed by atoms with Gasteiger partial charge in [0.15, 0.2) is 0 Å². The molecule has 1 aliphatic carbocycles. The van der Waals surface area contributed by atoms with E-state index < -0.39 is 6.10 Å². The van der Waals surface area contributed by atoms with Gasteiger partial charge in [-0.2, -0.15) is 0 Å². The predicted molar refractivity (Wildman–Crippen MR) is 67.8 cm³/mol. The predicted octanol–water partition coefficient (Wildman–Crippen LogP) is 0.457. The molecule has 0 aromatic carbocycles. The van der Waals surface area contributed by atoms with E-state index in [1.165, 1.54) is 6.07 Å². The lowest BCUT2D eigenvalue weighted by Gasteiger charge is -2.10. The molecule has 18 heavy (non-hydrogen) atoms. The maximum absolute atomic E-state index is 11.4. The normalized spacial score (nSPS) is 16.6. The van der Waals surface area contributed by atoms with Crippen LogP contribution < -0.4 is 10.9 Å². The van der Waals surface area contributed by atoms with Crippen LogP contribution in [-0.4, -0.2) is 41.4 Å². The van der Waals surface area contributed by atoms with E-state index in [4.69, 9.17) is 4.74 Å². The second kappa shape index (κ2) is 5.97. The number of nitrogens with one attached hydrogen (secondary N) is 2. The highest BCUT2D eigenvalue weighted by Crippen LogP contribution is 2.37. The molecular weight excluding hydrogens is 234 g/mol. The molecule has 0 amide bonds. The maximum Gasteiger partial charge on any atom is 0.252 e. The van der Waals surface area contributed by atoms with Gasteiger partial charge in [0.2, 0.25) is 0 Å². The number of methoxy groups -OCH3 is 1. The van der Waals surface area contributed by atoms with Crippen LogP contribution in [0.2, 0.25) is 0 Å². The molecular formula is C12H19N3O3. The summed E-state index contributed by atoms with van der Waals surface area (Å²) in [6.07, 6.45) is 2.26. The molecule has 1 atom stereocenters. The number of hydrogen-bond acceptors (Lipinski definition) is 5. The molecule has 0 bridgehead atoms. The molecule has 1 fully saturated rings. The van der Waals surface area contributed by atoms with Gasteiger partial charge in [0.25, 0.3) is 5.56 Å². The second-order valence-electron chi connectivity index (χ2n) is 4.61. The summed E-state index contributed by atoms with van der Waals surface area (Å²) in [5, 5.41) is 12.5. The minimum absolute atomic E-state index is 0.133. The van der Waals surface area contributed by atoms with E-state index in [9.17, 15) is 9.90 Å². The fraction of sp³-hybridized carbons (Fsp3) is 0.667. The van der Waals surface area contributed by atoms with Gasteiger partial charge in [0.1, 0.15) is 11.6 Å². The smallest absolute Gasteiger partial charge is 0.252 e. The number of nitrogens with zero attached hydrogens (tertiary/aromatic N) is 1. The first-order chi connectivity index (χ1) is 8.69. The van der Waals surface area contributed by atoms with Crippen molar-refractivity contribution in [1.29, 1.82) is 0 Å². The van der Waals surface area contributed by atoms with Crippen molar-refractivity contribution in [3.8, 4) is 0 Å². The summed E-state index contributed by atoms with van der Waals surface area (Å²) in [5.41, 5.74) is -0.133. The number of anilines is 1. The number of aromatic amines is 1. The average molecular weight is 253 g/mol. The van der Waals surface area contributed by atoms with E-state index in [0.29, 0.717) is 31.3 Å². The Morgan fingerprint density at radius 1 is 1.67 bits per heavy atom. The van der Waals surface area contributed by atoms with Crippen LogP contribution in [0, 0.1) is 0 Å². The summed E-state index contributed by atoms with van der Waals surface area (Å²) in [5.74, 6) is 1.76. The summed E-state index contributed by atoms with van der Waals surface area (Å²) in [7, 11) is 1.55. The molecule has 100 valence electrons. The molecule has 1 saturated carbocycles. The SMILES string of the molecule is COCC(O)CCNc1cc(=O)[nH]c(C2CC2)n1. The third-order valence-electron chi connectivity index (χ3n) is 2.87. The highest BCUT2D eigenvalue weighted by atomic mass is 16.5. The molecule has 1 heterocycles. The number of ether oxygens (including phenoxy) is 1. The van der Waals surface area contributed by atoms with Gasteiger partial charge in [0.05, 0.1) is 12.7 Å². The Morgan fingerprint density at radius 2 is 2.44 bits per heavy atom. The molecule has 1 aromatic heterocycles. The van der Waals surface area contributed by atoms with Crippen LogP contribution in [0.25, 0.3) is 0 Å². The standard InChI is InChI=1S/C12H19N3O3/c1-18-7-9(16)4-5-13-10-6-11(17)15-12(14-10)8-2-3-8/h6,8-9,16H,2-5,7H2,1H3,(H2,13,14,15,17). The first-order valence-corrected chi connectivity index (χ1v) is 6.21. The lowest BCUT2D eigenvalue weighted by molar-refractivity contribution is 0.0615. The van der Waals surface area contributed by atoms with Gasteiger partial charge < -0.3 is 20.1 Å². The van der Waals surface area contributed by atoms with E-state index in [0.717, 1.165) is 18.7 Å². The number of aliphatic hydroxyl groups excluding tert-OH is 1. The molecule has 2 rings (SSSR count). The molecule has 0 radical (unpaired) electrons. The first-order valence-electron chi connectivity index (χ1n) is 6.21. The molecule has 0 spiro atoms. The zero-order valence-electron chi connectivity index (χ0n) is 10.5. The van der Waals surface area contributed by atoms with Gasteiger partial charge in [-0.1, -0.05) is 0 Å². The van der Waals surface area contributed by atoms with Crippen LogP contribution in [0.15, 0.2) is 10.9 Å². The Kier molecular flexibility index (Phi) is 4.33. The molecule has 6 nitrogen and oxygen atoms in total. The van der Waals surface area contributed by atoms with Crippen molar-refractivity contribution in [2.45, 2.75) is 31.3 Å². The number of aromatic nitrogens is 2. The topological polar surface area (TPSA) is 87.2 Å². The molecule has 0 saturated heterocycles. The average Bonchev–Trinajstić information content (AvgIpc) is 3.12. The number of rotatable bonds is 7.